The number of nitrogens with one attached hydrogen (secondary N) is 2. The standard InChI is InChI=1S/C18H20N6O/c1-13-12-17(23-25-13)21-16-8-9-19-18(22-16)20-14-4-6-15(7-5-14)24-10-2-3-11-24/h4-9,12H,2-3,10-11H2,1H3,(H2,19,20,21,22,23). The van der Waals surface area contributed by atoms with Crippen molar-refractivity contribution in [3.05, 3.63) is 48.4 Å². The fourth-order valence-electron chi connectivity index (χ4n) is 2.91. The Morgan fingerprint density at radius 3 is 2.52 bits per heavy atom. The van der Waals surface area contributed by atoms with Crippen LogP contribution in [-0.4, -0.2) is 28.2 Å². The first-order valence-corrected chi connectivity index (χ1v) is 8.42. The zero-order valence-corrected chi connectivity index (χ0v) is 14.1. The van der Waals surface area contributed by atoms with Crippen LogP contribution in [0.25, 0.3) is 0 Å². The summed E-state index contributed by atoms with van der Waals surface area (Å²) in [5.41, 5.74) is 2.22. The Labute approximate surface area is 146 Å². The van der Waals surface area contributed by atoms with Gasteiger partial charge in [-0.25, -0.2) is 4.98 Å². The van der Waals surface area contributed by atoms with Crippen LogP contribution in [0.1, 0.15) is 18.6 Å². The fourth-order valence-corrected chi connectivity index (χ4v) is 2.91. The highest BCUT2D eigenvalue weighted by Gasteiger charge is 2.12. The monoisotopic (exact) mass is 336 g/mol. The van der Waals surface area contributed by atoms with Gasteiger partial charge in [-0.1, -0.05) is 5.16 Å². The first-order valence-electron chi connectivity index (χ1n) is 8.42. The van der Waals surface area contributed by atoms with Gasteiger partial charge in [-0.05, 0) is 50.1 Å². The van der Waals surface area contributed by atoms with Gasteiger partial charge < -0.3 is 20.1 Å². The molecule has 2 aromatic heterocycles. The second-order valence-electron chi connectivity index (χ2n) is 6.08. The predicted octanol–water partition coefficient (Wildman–Crippen LogP) is 3.86. The van der Waals surface area contributed by atoms with Crippen LogP contribution >= 0.6 is 0 Å². The molecule has 1 aromatic carbocycles. The summed E-state index contributed by atoms with van der Waals surface area (Å²) in [5.74, 6) is 2.55. The van der Waals surface area contributed by atoms with Crippen molar-refractivity contribution < 1.29 is 4.52 Å². The van der Waals surface area contributed by atoms with Crippen LogP contribution in [-0.2, 0) is 0 Å². The van der Waals surface area contributed by atoms with Crippen molar-refractivity contribution in [2.75, 3.05) is 28.6 Å². The molecule has 0 amide bonds. The van der Waals surface area contributed by atoms with E-state index in [1.165, 1.54) is 18.5 Å². The van der Waals surface area contributed by atoms with Gasteiger partial charge in [0.15, 0.2) is 5.82 Å². The maximum absolute atomic E-state index is 5.04. The second-order valence-corrected chi connectivity index (χ2v) is 6.08. The van der Waals surface area contributed by atoms with Crippen LogP contribution in [0.3, 0.4) is 0 Å². The average Bonchev–Trinajstić information content (AvgIpc) is 3.28. The average molecular weight is 336 g/mol. The van der Waals surface area contributed by atoms with E-state index in [-0.39, 0.29) is 0 Å². The Balaban J connectivity index is 1.44. The van der Waals surface area contributed by atoms with E-state index >= 15 is 0 Å². The minimum Gasteiger partial charge on any atom is -0.372 e. The molecule has 1 aliphatic heterocycles. The third kappa shape index (κ3) is 3.71. The van der Waals surface area contributed by atoms with Crippen molar-refractivity contribution in [1.82, 2.24) is 15.1 Å². The molecule has 128 valence electrons. The van der Waals surface area contributed by atoms with Gasteiger partial charge in [0, 0.05) is 36.7 Å². The highest BCUT2D eigenvalue weighted by atomic mass is 16.5. The molecule has 25 heavy (non-hydrogen) atoms. The second kappa shape index (κ2) is 6.80. The molecule has 3 heterocycles. The quantitative estimate of drug-likeness (QED) is 0.732. The van der Waals surface area contributed by atoms with E-state index in [0.29, 0.717) is 17.6 Å². The topological polar surface area (TPSA) is 79.1 Å². The van der Waals surface area contributed by atoms with Crippen molar-refractivity contribution in [3.8, 4) is 0 Å². The molecule has 7 heteroatoms. The summed E-state index contributed by atoms with van der Waals surface area (Å²) in [7, 11) is 0. The van der Waals surface area contributed by atoms with E-state index in [0.717, 1.165) is 24.5 Å². The SMILES string of the molecule is Cc1cc(Nc2ccnc(Nc3ccc(N4CCCC4)cc3)n2)no1. The van der Waals surface area contributed by atoms with Crippen molar-refractivity contribution in [2.24, 2.45) is 0 Å². The molecule has 1 aliphatic rings. The third-order valence-corrected chi connectivity index (χ3v) is 4.13. The molecule has 0 unspecified atom stereocenters. The molecule has 0 spiro atoms. The lowest BCUT2D eigenvalue weighted by Crippen LogP contribution is -2.17. The normalized spacial score (nSPS) is 13.9. The van der Waals surface area contributed by atoms with Gasteiger partial charge in [0.1, 0.15) is 11.6 Å². The minimum atomic E-state index is 0.527. The predicted molar refractivity (Wildman–Crippen MR) is 97.7 cm³/mol. The van der Waals surface area contributed by atoms with Crippen LogP contribution in [0.2, 0.25) is 0 Å². The third-order valence-electron chi connectivity index (χ3n) is 4.13. The molecule has 4 rings (SSSR count). The van der Waals surface area contributed by atoms with Gasteiger partial charge in [-0.3, -0.25) is 0 Å². The number of nitrogens with zero attached hydrogens (tertiary/aromatic N) is 4. The molecule has 0 radical (unpaired) electrons. The maximum atomic E-state index is 5.04. The van der Waals surface area contributed by atoms with E-state index < -0.39 is 0 Å². The van der Waals surface area contributed by atoms with Crippen LogP contribution in [0.5, 0.6) is 0 Å². The molecule has 2 N–H and O–H groups in total. The molecular formula is C18H20N6O. The Kier molecular flexibility index (Phi) is 4.20. The van der Waals surface area contributed by atoms with Gasteiger partial charge in [-0.15, -0.1) is 0 Å². The van der Waals surface area contributed by atoms with Crippen LogP contribution in [0.4, 0.5) is 29.0 Å². The van der Waals surface area contributed by atoms with Crippen molar-refractivity contribution in [2.45, 2.75) is 19.8 Å². The van der Waals surface area contributed by atoms with E-state index in [4.69, 9.17) is 4.52 Å². The summed E-state index contributed by atoms with van der Waals surface area (Å²) in [6.07, 6.45) is 4.25. The van der Waals surface area contributed by atoms with Crippen LogP contribution < -0.4 is 15.5 Å². The summed E-state index contributed by atoms with van der Waals surface area (Å²) in [5, 5.41) is 10.2. The van der Waals surface area contributed by atoms with Gasteiger partial charge >= 0.3 is 0 Å². The molecule has 0 aliphatic carbocycles. The Morgan fingerprint density at radius 1 is 1.00 bits per heavy atom. The van der Waals surface area contributed by atoms with Gasteiger partial charge in [0.05, 0.1) is 0 Å². The summed E-state index contributed by atoms with van der Waals surface area (Å²) in [6, 6.07) is 12.0. The zero-order chi connectivity index (χ0) is 17.1. The molecule has 0 bridgehead atoms. The Bertz CT molecular complexity index is 839. The number of hydrogen-bond acceptors (Lipinski definition) is 7. The highest BCUT2D eigenvalue weighted by Crippen LogP contribution is 2.23. The number of rotatable bonds is 5. The molecule has 7 nitrogen and oxygen atoms in total. The van der Waals surface area contributed by atoms with E-state index in [2.05, 4.69) is 54.9 Å². The number of aryl methyl sites for hydroxylation is 1. The molecular weight excluding hydrogens is 316 g/mol. The van der Waals surface area contributed by atoms with Gasteiger partial charge in [0.2, 0.25) is 5.95 Å². The largest absolute Gasteiger partial charge is 0.372 e. The number of anilines is 5. The van der Waals surface area contributed by atoms with Gasteiger partial charge in [-0.2, -0.15) is 4.98 Å². The Morgan fingerprint density at radius 2 is 1.80 bits per heavy atom. The summed E-state index contributed by atoms with van der Waals surface area (Å²) in [4.78, 5) is 11.1. The highest BCUT2D eigenvalue weighted by molar-refractivity contribution is 5.61. The maximum Gasteiger partial charge on any atom is 0.229 e. The lowest BCUT2D eigenvalue weighted by molar-refractivity contribution is 0.400. The van der Waals surface area contributed by atoms with Crippen LogP contribution in [0.15, 0.2) is 47.1 Å². The first-order chi connectivity index (χ1) is 12.3. The molecule has 1 saturated heterocycles. The van der Waals surface area contributed by atoms with E-state index in [9.17, 15) is 0 Å². The van der Waals surface area contributed by atoms with E-state index in [1.807, 2.05) is 13.0 Å². The summed E-state index contributed by atoms with van der Waals surface area (Å²) >= 11 is 0. The van der Waals surface area contributed by atoms with Crippen LogP contribution in [0, 0.1) is 6.92 Å². The smallest absolute Gasteiger partial charge is 0.229 e. The molecule has 1 fully saturated rings. The Hall–Kier alpha value is -3.09. The summed E-state index contributed by atoms with van der Waals surface area (Å²) < 4.78 is 5.04. The lowest BCUT2D eigenvalue weighted by atomic mass is 10.2. The van der Waals surface area contributed by atoms with Gasteiger partial charge in [0.25, 0.3) is 0 Å². The first kappa shape index (κ1) is 15.4. The van der Waals surface area contributed by atoms with Crippen molar-refractivity contribution in [3.63, 3.8) is 0 Å². The zero-order valence-electron chi connectivity index (χ0n) is 14.1. The number of aromatic nitrogens is 3. The molecule has 0 saturated carbocycles. The van der Waals surface area contributed by atoms with Crippen molar-refractivity contribution in [1.29, 1.82) is 0 Å². The molecule has 3 aromatic rings. The lowest BCUT2D eigenvalue weighted by Gasteiger charge is -2.17. The number of benzene rings is 1. The number of hydrogen-bond donors (Lipinski definition) is 2. The molecule has 0 atom stereocenters. The fraction of sp³-hybridized carbons (Fsp3) is 0.278. The van der Waals surface area contributed by atoms with Crippen molar-refractivity contribution >= 4 is 29.0 Å². The van der Waals surface area contributed by atoms with E-state index in [1.54, 1.807) is 12.3 Å². The minimum absolute atomic E-state index is 0.527. The summed E-state index contributed by atoms with van der Waals surface area (Å²) in [6.45, 7) is 4.13.